The molecule has 0 spiro atoms. The topological polar surface area (TPSA) is 74.1 Å². The van der Waals surface area contributed by atoms with Crippen LogP contribution in [0.15, 0.2) is 82.1 Å². The minimum atomic E-state index is -0.144. The van der Waals surface area contributed by atoms with E-state index in [2.05, 4.69) is 25.9 Å². The minimum absolute atomic E-state index is 0.144. The number of H-pyrrole nitrogens is 1. The number of benzene rings is 3. The number of hydrogen-bond acceptors (Lipinski definition) is 4. The zero-order valence-corrected chi connectivity index (χ0v) is 19.7. The van der Waals surface area contributed by atoms with Crippen LogP contribution in [0.5, 0.6) is 11.5 Å². The molecule has 5 aromatic rings. The number of methoxy groups -OCH3 is 1. The summed E-state index contributed by atoms with van der Waals surface area (Å²) in [7, 11) is 3.43. The predicted octanol–water partition coefficient (Wildman–Crippen LogP) is 5.07. The standard InChI is InChI=1S/C25H21BrN4O3/c1-29-20(23(26)25(31)30(29)17-8-4-3-5-9-17)15-33-21-13-12-16(14-22(21)32-2)24-27-18-10-6-7-11-19(18)28-24/h3-14H,15H2,1-2H3,(H,27,28). The number of nitrogens with one attached hydrogen (secondary N) is 1. The Hall–Kier alpha value is -3.78. The van der Waals surface area contributed by atoms with E-state index in [0.717, 1.165) is 28.1 Å². The molecule has 0 amide bonds. The Balaban J connectivity index is 1.43. The fourth-order valence-electron chi connectivity index (χ4n) is 3.80. The summed E-state index contributed by atoms with van der Waals surface area (Å²) < 4.78 is 15.5. The van der Waals surface area contributed by atoms with Gasteiger partial charge in [0.05, 0.1) is 29.5 Å². The first-order chi connectivity index (χ1) is 16.1. The summed E-state index contributed by atoms with van der Waals surface area (Å²) in [5.41, 5.74) is 4.12. The number of fused-ring (bicyclic) bond motifs is 1. The molecule has 0 bridgehead atoms. The molecule has 0 saturated carbocycles. The molecule has 0 radical (unpaired) electrons. The Morgan fingerprint density at radius 3 is 2.52 bits per heavy atom. The van der Waals surface area contributed by atoms with Crippen LogP contribution < -0.4 is 15.0 Å². The fraction of sp³-hybridized carbons (Fsp3) is 0.120. The van der Waals surface area contributed by atoms with E-state index in [4.69, 9.17) is 9.47 Å². The highest BCUT2D eigenvalue weighted by atomic mass is 79.9. The number of imidazole rings is 1. The van der Waals surface area contributed by atoms with Gasteiger partial charge in [-0.1, -0.05) is 30.3 Å². The van der Waals surface area contributed by atoms with Crippen molar-refractivity contribution >= 4 is 27.0 Å². The highest BCUT2D eigenvalue weighted by molar-refractivity contribution is 9.10. The summed E-state index contributed by atoms with van der Waals surface area (Å²) in [5.74, 6) is 1.91. The van der Waals surface area contributed by atoms with Crippen LogP contribution in [-0.2, 0) is 13.7 Å². The Morgan fingerprint density at radius 1 is 1.00 bits per heavy atom. The monoisotopic (exact) mass is 504 g/mol. The van der Waals surface area contributed by atoms with Crippen LogP contribution in [0.1, 0.15) is 5.69 Å². The van der Waals surface area contributed by atoms with E-state index in [0.29, 0.717) is 21.7 Å². The summed E-state index contributed by atoms with van der Waals surface area (Å²) in [6.45, 7) is 0.187. The Labute approximate surface area is 198 Å². The molecule has 5 rings (SSSR count). The molecule has 0 saturated heterocycles. The van der Waals surface area contributed by atoms with Gasteiger partial charge in [-0.2, -0.15) is 0 Å². The first-order valence-electron chi connectivity index (χ1n) is 10.3. The highest BCUT2D eigenvalue weighted by Gasteiger charge is 2.18. The third kappa shape index (κ3) is 3.82. The third-order valence-electron chi connectivity index (χ3n) is 5.52. The van der Waals surface area contributed by atoms with Gasteiger partial charge in [-0.05, 0) is 58.4 Å². The molecule has 3 aromatic carbocycles. The van der Waals surface area contributed by atoms with Gasteiger partial charge >= 0.3 is 0 Å². The number of hydrogen-bond donors (Lipinski definition) is 1. The number of rotatable bonds is 6. The van der Waals surface area contributed by atoms with Gasteiger partial charge in [0.25, 0.3) is 5.56 Å². The number of halogens is 1. The molecule has 0 fully saturated rings. The van der Waals surface area contributed by atoms with Crippen molar-refractivity contribution in [2.24, 2.45) is 7.05 Å². The molecule has 33 heavy (non-hydrogen) atoms. The van der Waals surface area contributed by atoms with Crippen molar-refractivity contribution in [1.82, 2.24) is 19.3 Å². The second kappa shape index (κ2) is 8.63. The smallest absolute Gasteiger partial charge is 0.286 e. The van der Waals surface area contributed by atoms with Gasteiger partial charge in [0, 0.05) is 12.6 Å². The van der Waals surface area contributed by atoms with Crippen molar-refractivity contribution in [3.63, 3.8) is 0 Å². The van der Waals surface area contributed by atoms with E-state index >= 15 is 0 Å². The summed E-state index contributed by atoms with van der Waals surface area (Å²) in [5, 5.41) is 0. The zero-order valence-electron chi connectivity index (χ0n) is 18.1. The lowest BCUT2D eigenvalue weighted by atomic mass is 10.2. The van der Waals surface area contributed by atoms with E-state index in [-0.39, 0.29) is 12.2 Å². The molecule has 0 unspecified atom stereocenters. The van der Waals surface area contributed by atoms with E-state index in [1.54, 1.807) is 16.5 Å². The van der Waals surface area contributed by atoms with Crippen molar-refractivity contribution in [2.75, 3.05) is 7.11 Å². The molecule has 1 N–H and O–H groups in total. The van der Waals surface area contributed by atoms with E-state index in [1.165, 1.54) is 0 Å². The van der Waals surface area contributed by atoms with E-state index < -0.39 is 0 Å². The van der Waals surface area contributed by atoms with Crippen LogP contribution in [0.4, 0.5) is 0 Å². The molecule has 0 aliphatic rings. The maximum Gasteiger partial charge on any atom is 0.286 e. The Morgan fingerprint density at radius 2 is 1.76 bits per heavy atom. The maximum atomic E-state index is 12.8. The van der Waals surface area contributed by atoms with Gasteiger partial charge in [0.1, 0.15) is 16.9 Å². The van der Waals surface area contributed by atoms with Gasteiger partial charge in [-0.15, -0.1) is 0 Å². The molecule has 0 aliphatic carbocycles. The minimum Gasteiger partial charge on any atom is -0.493 e. The van der Waals surface area contributed by atoms with Crippen molar-refractivity contribution < 1.29 is 9.47 Å². The Bertz CT molecular complexity index is 1470. The summed E-state index contributed by atoms with van der Waals surface area (Å²) in [4.78, 5) is 20.8. The van der Waals surface area contributed by atoms with Crippen LogP contribution in [0.3, 0.4) is 0 Å². The highest BCUT2D eigenvalue weighted by Crippen LogP contribution is 2.33. The molecule has 2 aromatic heterocycles. The summed E-state index contributed by atoms with van der Waals surface area (Å²) in [6.07, 6.45) is 0. The average molecular weight is 505 g/mol. The largest absolute Gasteiger partial charge is 0.493 e. The van der Waals surface area contributed by atoms with E-state index in [9.17, 15) is 4.79 Å². The number of aromatic nitrogens is 4. The maximum absolute atomic E-state index is 12.8. The normalized spacial score (nSPS) is 11.1. The van der Waals surface area contributed by atoms with Gasteiger partial charge in [0.15, 0.2) is 11.5 Å². The van der Waals surface area contributed by atoms with Crippen LogP contribution in [-0.4, -0.2) is 26.4 Å². The molecule has 7 nitrogen and oxygen atoms in total. The first-order valence-corrected chi connectivity index (χ1v) is 11.1. The van der Waals surface area contributed by atoms with Crippen LogP contribution in [0.2, 0.25) is 0 Å². The van der Waals surface area contributed by atoms with Crippen molar-refractivity contribution in [2.45, 2.75) is 6.61 Å². The molecule has 166 valence electrons. The van der Waals surface area contributed by atoms with Crippen molar-refractivity contribution in [3.8, 4) is 28.6 Å². The second-order valence-corrected chi connectivity index (χ2v) is 8.29. The summed E-state index contributed by atoms with van der Waals surface area (Å²) in [6, 6.07) is 23.0. The van der Waals surface area contributed by atoms with Gasteiger partial charge < -0.3 is 14.5 Å². The average Bonchev–Trinajstić information content (AvgIpc) is 3.37. The molecule has 8 heteroatoms. The molecular formula is C25H21BrN4O3. The fourth-order valence-corrected chi connectivity index (χ4v) is 4.34. The predicted molar refractivity (Wildman–Crippen MR) is 131 cm³/mol. The van der Waals surface area contributed by atoms with Crippen LogP contribution in [0.25, 0.3) is 28.1 Å². The number of para-hydroxylation sites is 3. The van der Waals surface area contributed by atoms with Crippen LogP contribution in [0, 0.1) is 0 Å². The molecule has 0 atom stereocenters. The van der Waals surface area contributed by atoms with Gasteiger partial charge in [-0.25, -0.2) is 9.67 Å². The quantitative estimate of drug-likeness (QED) is 0.350. The SMILES string of the molecule is COc1cc(-c2nc3ccccc3[nH]2)ccc1OCc1c(Br)c(=O)n(-c2ccccc2)n1C. The lowest BCUT2D eigenvalue weighted by Crippen LogP contribution is -2.19. The molecule has 2 heterocycles. The first kappa shape index (κ1) is 21.1. The van der Waals surface area contributed by atoms with Gasteiger partial charge in [-0.3, -0.25) is 9.48 Å². The number of nitrogens with zero attached hydrogens (tertiary/aromatic N) is 3. The van der Waals surface area contributed by atoms with Crippen molar-refractivity contribution in [3.05, 3.63) is 93.3 Å². The number of aromatic amines is 1. The molecular weight excluding hydrogens is 484 g/mol. The van der Waals surface area contributed by atoms with Crippen molar-refractivity contribution in [1.29, 1.82) is 0 Å². The van der Waals surface area contributed by atoms with E-state index in [1.807, 2.05) is 79.8 Å². The zero-order chi connectivity index (χ0) is 22.9. The summed E-state index contributed by atoms with van der Waals surface area (Å²) >= 11 is 3.44. The van der Waals surface area contributed by atoms with Crippen LogP contribution >= 0.6 is 15.9 Å². The molecule has 0 aliphatic heterocycles. The Kier molecular flexibility index (Phi) is 5.51. The van der Waals surface area contributed by atoms with Gasteiger partial charge in [0.2, 0.25) is 0 Å². The number of ether oxygens (including phenoxy) is 2. The lowest BCUT2D eigenvalue weighted by molar-refractivity contribution is 0.274. The lowest BCUT2D eigenvalue weighted by Gasteiger charge is -2.13. The second-order valence-electron chi connectivity index (χ2n) is 7.49. The third-order valence-corrected chi connectivity index (χ3v) is 6.31.